The van der Waals surface area contributed by atoms with E-state index in [0.717, 1.165) is 23.0 Å². The quantitative estimate of drug-likeness (QED) is 0.664. The molecule has 0 radical (unpaired) electrons. The first kappa shape index (κ1) is 15.1. The molecule has 0 saturated carbocycles. The van der Waals surface area contributed by atoms with Gasteiger partial charge in [0.25, 0.3) is 0 Å². The van der Waals surface area contributed by atoms with Crippen LogP contribution in [0.5, 0.6) is 0 Å². The summed E-state index contributed by atoms with van der Waals surface area (Å²) in [6.45, 7) is 4.22. The molecule has 0 saturated heterocycles. The summed E-state index contributed by atoms with van der Waals surface area (Å²) in [6, 6.07) is 8.15. The van der Waals surface area contributed by atoms with E-state index in [9.17, 15) is 0 Å². The molecule has 0 fully saturated rings. The highest BCUT2D eigenvalue weighted by molar-refractivity contribution is 9.10. The van der Waals surface area contributed by atoms with Gasteiger partial charge in [0.05, 0.1) is 0 Å². The Kier molecular flexibility index (Phi) is 6.27. The van der Waals surface area contributed by atoms with Crippen LogP contribution in [0.2, 0.25) is 0 Å². The molecular weight excluding hydrogens is 288 g/mol. The van der Waals surface area contributed by atoms with Crippen molar-refractivity contribution in [3.8, 4) is 0 Å². The third-order valence-corrected chi connectivity index (χ3v) is 4.01. The van der Waals surface area contributed by atoms with Crippen molar-refractivity contribution in [3.63, 3.8) is 0 Å². The molecule has 18 heavy (non-hydrogen) atoms. The van der Waals surface area contributed by atoms with E-state index in [4.69, 9.17) is 10.8 Å². The number of rotatable bonds is 7. The van der Waals surface area contributed by atoms with Crippen LogP contribution in [0.3, 0.4) is 0 Å². The molecule has 0 amide bonds. The van der Waals surface area contributed by atoms with Crippen molar-refractivity contribution in [2.45, 2.75) is 39.0 Å². The van der Waals surface area contributed by atoms with Gasteiger partial charge >= 0.3 is 0 Å². The molecule has 0 bridgehead atoms. The van der Waals surface area contributed by atoms with E-state index in [2.05, 4.69) is 35.8 Å². The molecule has 2 unspecified atom stereocenters. The first-order valence-corrected chi connectivity index (χ1v) is 7.20. The lowest BCUT2D eigenvalue weighted by molar-refractivity contribution is 0.593. The molecule has 2 atom stereocenters. The molecular formula is C15H21BrN2. The fourth-order valence-corrected chi connectivity index (χ4v) is 2.79. The van der Waals surface area contributed by atoms with Crippen molar-refractivity contribution in [2.24, 2.45) is 5.92 Å². The number of nitrogens with one attached hydrogen (secondary N) is 2. The molecule has 1 aromatic rings. The average molecular weight is 309 g/mol. The lowest BCUT2D eigenvalue weighted by atomic mass is 9.84. The smallest absolute Gasteiger partial charge is 0.0210 e. The van der Waals surface area contributed by atoms with Gasteiger partial charge in [-0.15, -0.1) is 0 Å². The summed E-state index contributed by atoms with van der Waals surface area (Å²) in [4.78, 5) is 0. The minimum atomic E-state index is 0.114. The Balaban J connectivity index is 2.79. The predicted molar refractivity (Wildman–Crippen MR) is 82.1 cm³/mol. The second kappa shape index (κ2) is 7.47. The van der Waals surface area contributed by atoms with Crippen LogP contribution in [-0.4, -0.2) is 11.9 Å². The SMILES string of the molecule is CCCC(=N)CC(C=N)C(C)c1ccccc1Br. The summed E-state index contributed by atoms with van der Waals surface area (Å²) in [7, 11) is 0. The summed E-state index contributed by atoms with van der Waals surface area (Å²) in [5.41, 5.74) is 1.97. The fraction of sp³-hybridized carbons (Fsp3) is 0.467. The van der Waals surface area contributed by atoms with E-state index >= 15 is 0 Å². The Morgan fingerprint density at radius 3 is 2.61 bits per heavy atom. The van der Waals surface area contributed by atoms with Gasteiger partial charge in [-0.25, -0.2) is 0 Å². The van der Waals surface area contributed by atoms with E-state index in [0.29, 0.717) is 6.42 Å². The van der Waals surface area contributed by atoms with E-state index in [1.54, 1.807) is 0 Å². The molecule has 0 heterocycles. The standard InChI is InChI=1S/C15H21BrN2/c1-3-6-13(18)9-12(10-17)11(2)14-7-4-5-8-15(14)16/h4-5,7-8,10-12,17-18H,3,6,9H2,1-2H3. The zero-order valence-electron chi connectivity index (χ0n) is 11.0. The van der Waals surface area contributed by atoms with Gasteiger partial charge in [-0.1, -0.05) is 54.4 Å². The maximum atomic E-state index is 7.92. The van der Waals surface area contributed by atoms with E-state index < -0.39 is 0 Å². The van der Waals surface area contributed by atoms with E-state index in [1.807, 2.05) is 18.2 Å². The molecule has 0 aliphatic carbocycles. The fourth-order valence-electron chi connectivity index (χ4n) is 2.14. The summed E-state index contributed by atoms with van der Waals surface area (Å²) < 4.78 is 1.09. The van der Waals surface area contributed by atoms with Gasteiger partial charge in [-0.3, -0.25) is 0 Å². The second-order valence-corrected chi connectivity index (χ2v) is 5.55. The van der Waals surface area contributed by atoms with Crippen molar-refractivity contribution in [3.05, 3.63) is 34.3 Å². The van der Waals surface area contributed by atoms with Crippen molar-refractivity contribution in [2.75, 3.05) is 0 Å². The zero-order chi connectivity index (χ0) is 13.5. The Bertz CT molecular complexity index is 415. The maximum absolute atomic E-state index is 7.92. The lowest BCUT2D eigenvalue weighted by Crippen LogP contribution is -2.16. The van der Waals surface area contributed by atoms with Gasteiger partial charge in [0.2, 0.25) is 0 Å². The first-order valence-electron chi connectivity index (χ1n) is 6.41. The minimum absolute atomic E-state index is 0.114. The van der Waals surface area contributed by atoms with Crippen LogP contribution in [0.4, 0.5) is 0 Å². The normalized spacial score (nSPS) is 13.9. The molecule has 98 valence electrons. The van der Waals surface area contributed by atoms with Crippen molar-refractivity contribution in [1.82, 2.24) is 0 Å². The predicted octanol–water partition coefficient (Wildman–Crippen LogP) is 5.03. The molecule has 0 spiro atoms. The highest BCUT2D eigenvalue weighted by Crippen LogP contribution is 2.31. The Hall–Kier alpha value is -0.960. The molecule has 1 rings (SSSR count). The number of hydrogen-bond donors (Lipinski definition) is 2. The molecule has 2 N–H and O–H groups in total. The zero-order valence-corrected chi connectivity index (χ0v) is 12.6. The van der Waals surface area contributed by atoms with Crippen LogP contribution in [0.1, 0.15) is 44.6 Å². The van der Waals surface area contributed by atoms with Crippen molar-refractivity contribution in [1.29, 1.82) is 10.8 Å². The molecule has 3 heteroatoms. The first-order chi connectivity index (χ1) is 8.60. The lowest BCUT2D eigenvalue weighted by Gasteiger charge is -2.21. The summed E-state index contributed by atoms with van der Waals surface area (Å²) in [6.07, 6.45) is 4.04. The van der Waals surface area contributed by atoms with E-state index in [1.165, 1.54) is 11.8 Å². The highest BCUT2D eigenvalue weighted by Gasteiger charge is 2.19. The third-order valence-electron chi connectivity index (χ3n) is 3.29. The van der Waals surface area contributed by atoms with Gasteiger partial charge in [-0.2, -0.15) is 0 Å². The number of hydrogen-bond acceptors (Lipinski definition) is 2. The second-order valence-electron chi connectivity index (χ2n) is 4.70. The highest BCUT2D eigenvalue weighted by atomic mass is 79.9. The summed E-state index contributed by atoms with van der Waals surface area (Å²) >= 11 is 3.56. The van der Waals surface area contributed by atoms with Gasteiger partial charge < -0.3 is 10.8 Å². The Morgan fingerprint density at radius 2 is 2.06 bits per heavy atom. The van der Waals surface area contributed by atoms with Gasteiger partial charge in [-0.05, 0) is 36.6 Å². The molecule has 2 nitrogen and oxygen atoms in total. The third kappa shape index (κ3) is 4.05. The Labute approximate surface area is 118 Å². The van der Waals surface area contributed by atoms with Crippen molar-refractivity contribution >= 4 is 27.9 Å². The van der Waals surface area contributed by atoms with Crippen LogP contribution in [0.25, 0.3) is 0 Å². The molecule has 0 aliphatic rings. The largest absolute Gasteiger partial charge is 0.313 e. The van der Waals surface area contributed by atoms with Gasteiger partial charge in [0, 0.05) is 16.1 Å². The monoisotopic (exact) mass is 308 g/mol. The minimum Gasteiger partial charge on any atom is -0.313 e. The van der Waals surface area contributed by atoms with Crippen LogP contribution in [0.15, 0.2) is 28.7 Å². The molecule has 0 aromatic heterocycles. The van der Waals surface area contributed by atoms with Gasteiger partial charge in [0.15, 0.2) is 0 Å². The van der Waals surface area contributed by atoms with Crippen molar-refractivity contribution < 1.29 is 0 Å². The van der Waals surface area contributed by atoms with Crippen LogP contribution in [-0.2, 0) is 0 Å². The summed E-state index contributed by atoms with van der Waals surface area (Å²) in [5, 5.41) is 15.5. The topological polar surface area (TPSA) is 47.7 Å². The van der Waals surface area contributed by atoms with Gasteiger partial charge in [0.1, 0.15) is 0 Å². The number of halogens is 1. The van der Waals surface area contributed by atoms with Crippen LogP contribution < -0.4 is 0 Å². The Morgan fingerprint density at radius 1 is 1.39 bits per heavy atom. The summed E-state index contributed by atoms with van der Waals surface area (Å²) in [5.74, 6) is 0.373. The van der Waals surface area contributed by atoms with Crippen LogP contribution in [0, 0.1) is 16.7 Å². The maximum Gasteiger partial charge on any atom is 0.0210 e. The molecule has 1 aromatic carbocycles. The van der Waals surface area contributed by atoms with Crippen LogP contribution >= 0.6 is 15.9 Å². The van der Waals surface area contributed by atoms with E-state index in [-0.39, 0.29) is 11.8 Å². The molecule has 0 aliphatic heterocycles. The number of benzene rings is 1. The average Bonchev–Trinajstić information content (AvgIpc) is 2.36.